The molecule has 0 bridgehead atoms. The van der Waals surface area contributed by atoms with E-state index >= 15 is 0 Å². The molecule has 0 saturated heterocycles. The number of hydrogen-bond donors (Lipinski definition) is 3. The van der Waals surface area contributed by atoms with Crippen molar-refractivity contribution in [1.29, 1.82) is 0 Å². The topological polar surface area (TPSA) is 111 Å². The molecular formula is C16H18ClN5O3S. The van der Waals surface area contributed by atoms with Crippen molar-refractivity contribution in [3.05, 3.63) is 39.5 Å². The van der Waals surface area contributed by atoms with Gasteiger partial charge in [0.05, 0.1) is 17.4 Å². The highest BCUT2D eigenvalue weighted by Gasteiger charge is 2.22. The number of nitrogens with one attached hydrogen (secondary N) is 2. The van der Waals surface area contributed by atoms with Crippen LogP contribution < -0.4 is 10.2 Å². The number of anilines is 1. The maximum absolute atomic E-state index is 12.3. The number of aromatic nitrogens is 3. The summed E-state index contributed by atoms with van der Waals surface area (Å²) in [6.45, 7) is 4.22. The maximum atomic E-state index is 12.3. The third kappa shape index (κ3) is 3.73. The summed E-state index contributed by atoms with van der Waals surface area (Å²) in [5.74, 6) is -1.08. The highest BCUT2D eigenvalue weighted by molar-refractivity contribution is 7.17. The molecule has 1 aliphatic heterocycles. The summed E-state index contributed by atoms with van der Waals surface area (Å²) in [4.78, 5) is 36.8. The lowest BCUT2D eigenvalue weighted by atomic mass is 10.1. The van der Waals surface area contributed by atoms with Crippen molar-refractivity contribution >= 4 is 39.9 Å². The highest BCUT2D eigenvalue weighted by Crippen LogP contribution is 2.28. The third-order valence-corrected chi connectivity index (χ3v) is 5.51. The molecule has 1 amide bonds. The van der Waals surface area contributed by atoms with Crippen molar-refractivity contribution in [2.24, 2.45) is 0 Å². The molecule has 1 aliphatic rings. The van der Waals surface area contributed by atoms with Crippen molar-refractivity contribution in [2.75, 3.05) is 11.4 Å². The van der Waals surface area contributed by atoms with Crippen LogP contribution in [0.1, 0.15) is 45.0 Å². The van der Waals surface area contributed by atoms with Gasteiger partial charge in [0.2, 0.25) is 0 Å². The van der Waals surface area contributed by atoms with Gasteiger partial charge in [-0.2, -0.15) is 0 Å². The first-order valence-corrected chi connectivity index (χ1v) is 9.29. The van der Waals surface area contributed by atoms with Crippen LogP contribution in [0.3, 0.4) is 0 Å². The Morgan fingerprint density at radius 3 is 2.81 bits per heavy atom. The van der Waals surface area contributed by atoms with Gasteiger partial charge >= 0.3 is 5.97 Å². The molecule has 3 rings (SSSR count). The van der Waals surface area contributed by atoms with Crippen LogP contribution in [-0.2, 0) is 6.42 Å². The van der Waals surface area contributed by atoms with E-state index in [1.54, 1.807) is 6.92 Å². The van der Waals surface area contributed by atoms with Gasteiger partial charge in [0.1, 0.15) is 4.88 Å². The van der Waals surface area contributed by atoms with E-state index in [1.807, 2.05) is 24.1 Å². The molecule has 0 aliphatic carbocycles. The first-order valence-electron chi connectivity index (χ1n) is 8.10. The molecule has 0 aromatic carbocycles. The average Bonchev–Trinajstić information content (AvgIpc) is 3.18. The maximum Gasteiger partial charge on any atom is 0.347 e. The highest BCUT2D eigenvalue weighted by atomic mass is 35.5. The van der Waals surface area contributed by atoms with E-state index in [9.17, 15) is 9.59 Å². The molecular weight excluding hydrogens is 378 g/mol. The van der Waals surface area contributed by atoms with E-state index in [0.29, 0.717) is 35.4 Å². The Hall–Kier alpha value is -2.39. The van der Waals surface area contributed by atoms with Crippen molar-refractivity contribution in [3.8, 4) is 0 Å². The molecule has 26 heavy (non-hydrogen) atoms. The third-order valence-electron chi connectivity index (χ3n) is 4.02. The zero-order chi connectivity index (χ0) is 18.8. The quantitative estimate of drug-likeness (QED) is 0.717. The number of thiazole rings is 1. The number of hydrogen-bond acceptors (Lipinski definition) is 6. The minimum absolute atomic E-state index is 0.146. The van der Waals surface area contributed by atoms with Gasteiger partial charge in [0, 0.05) is 12.7 Å². The Morgan fingerprint density at radius 1 is 1.50 bits per heavy atom. The molecule has 138 valence electrons. The van der Waals surface area contributed by atoms with Crippen LogP contribution in [0.25, 0.3) is 0 Å². The second-order valence-electron chi connectivity index (χ2n) is 5.83. The van der Waals surface area contributed by atoms with Crippen LogP contribution in [0.5, 0.6) is 0 Å². The number of rotatable bonds is 5. The van der Waals surface area contributed by atoms with Crippen molar-refractivity contribution in [3.63, 3.8) is 0 Å². The Balaban J connectivity index is 1.64. The number of imidazole rings is 1. The second-order valence-corrected chi connectivity index (χ2v) is 7.16. The van der Waals surface area contributed by atoms with Crippen LogP contribution in [0.15, 0.2) is 12.3 Å². The molecule has 8 nitrogen and oxygen atoms in total. The largest absolute Gasteiger partial charge is 0.477 e. The summed E-state index contributed by atoms with van der Waals surface area (Å²) in [7, 11) is 0. The summed E-state index contributed by atoms with van der Waals surface area (Å²) in [5.41, 5.74) is 1.23. The number of carboxylic acids is 1. The molecule has 2 aromatic rings. The SMILES string of the molecule is CCc1[nH]c(C(=O)NC2C=CN(c3nc(C)c(C(=O)O)s3)CC2)nc1Cl. The fourth-order valence-electron chi connectivity index (χ4n) is 2.61. The normalized spacial score (nSPS) is 16.7. The number of H-pyrrole nitrogens is 1. The Bertz CT molecular complexity index is 875. The summed E-state index contributed by atoms with van der Waals surface area (Å²) in [6, 6.07) is -0.146. The minimum atomic E-state index is -0.971. The fourth-order valence-corrected chi connectivity index (χ4v) is 3.79. The van der Waals surface area contributed by atoms with Gasteiger partial charge < -0.3 is 20.3 Å². The van der Waals surface area contributed by atoms with E-state index in [1.165, 1.54) is 0 Å². The van der Waals surface area contributed by atoms with Gasteiger partial charge in [-0.3, -0.25) is 4.79 Å². The van der Waals surface area contributed by atoms with Crippen LogP contribution in [0.2, 0.25) is 5.15 Å². The number of carboxylic acid groups (broad SMARTS) is 1. The summed E-state index contributed by atoms with van der Waals surface area (Å²) >= 11 is 7.11. The summed E-state index contributed by atoms with van der Waals surface area (Å²) < 4.78 is 0. The zero-order valence-electron chi connectivity index (χ0n) is 14.2. The Morgan fingerprint density at radius 2 is 2.27 bits per heavy atom. The van der Waals surface area contributed by atoms with Crippen LogP contribution >= 0.6 is 22.9 Å². The number of aryl methyl sites for hydroxylation is 2. The van der Waals surface area contributed by atoms with E-state index in [-0.39, 0.29) is 22.7 Å². The molecule has 3 heterocycles. The number of amides is 1. The van der Waals surface area contributed by atoms with E-state index < -0.39 is 5.97 Å². The molecule has 10 heteroatoms. The van der Waals surface area contributed by atoms with Gasteiger partial charge in [-0.1, -0.05) is 29.9 Å². The predicted octanol–water partition coefficient (Wildman–Crippen LogP) is 2.61. The van der Waals surface area contributed by atoms with E-state index in [0.717, 1.165) is 17.0 Å². The number of aromatic carboxylic acids is 1. The second kappa shape index (κ2) is 7.46. The average molecular weight is 396 g/mol. The van der Waals surface area contributed by atoms with Gasteiger partial charge in [-0.25, -0.2) is 14.8 Å². The summed E-state index contributed by atoms with van der Waals surface area (Å²) in [5, 5.41) is 13.0. The standard InChI is InChI=1S/C16H18ClN5O3S/c1-3-10-12(17)21-13(20-10)14(23)19-9-4-6-22(7-5-9)16-18-8(2)11(26-16)15(24)25/h4,6,9H,3,5,7H2,1-2H3,(H,19,23)(H,20,21)(H,24,25). The molecule has 0 saturated carbocycles. The van der Waals surface area contributed by atoms with Crippen molar-refractivity contribution < 1.29 is 14.7 Å². The molecule has 2 aromatic heterocycles. The van der Waals surface area contributed by atoms with Crippen molar-refractivity contribution in [1.82, 2.24) is 20.3 Å². The van der Waals surface area contributed by atoms with Gasteiger partial charge in [0.15, 0.2) is 16.1 Å². The minimum Gasteiger partial charge on any atom is -0.477 e. The molecule has 3 N–H and O–H groups in total. The summed E-state index contributed by atoms with van der Waals surface area (Å²) in [6.07, 6.45) is 5.00. The number of aromatic amines is 1. The fraction of sp³-hybridized carbons (Fsp3) is 0.375. The number of carbonyl (C=O) groups excluding carboxylic acids is 1. The van der Waals surface area contributed by atoms with Crippen LogP contribution in [-0.4, -0.2) is 44.5 Å². The lowest BCUT2D eigenvalue weighted by Gasteiger charge is -2.26. The Kier molecular flexibility index (Phi) is 5.28. The van der Waals surface area contributed by atoms with Gasteiger partial charge in [0.25, 0.3) is 5.91 Å². The molecule has 1 unspecified atom stereocenters. The number of carbonyl (C=O) groups is 2. The molecule has 1 atom stereocenters. The molecule has 0 spiro atoms. The lowest BCUT2D eigenvalue weighted by molar-refractivity contribution is 0.0701. The number of nitrogens with zero attached hydrogens (tertiary/aromatic N) is 3. The van der Waals surface area contributed by atoms with Crippen molar-refractivity contribution in [2.45, 2.75) is 32.7 Å². The monoisotopic (exact) mass is 395 g/mol. The Labute approximate surface area is 158 Å². The zero-order valence-corrected chi connectivity index (χ0v) is 15.8. The van der Waals surface area contributed by atoms with Crippen LogP contribution in [0, 0.1) is 6.92 Å². The number of halogens is 1. The molecule has 0 fully saturated rings. The van der Waals surface area contributed by atoms with E-state index in [2.05, 4.69) is 20.3 Å². The smallest absolute Gasteiger partial charge is 0.347 e. The lowest BCUT2D eigenvalue weighted by Crippen LogP contribution is -2.39. The van der Waals surface area contributed by atoms with Gasteiger partial charge in [-0.15, -0.1) is 0 Å². The van der Waals surface area contributed by atoms with Crippen LogP contribution in [0.4, 0.5) is 5.13 Å². The van der Waals surface area contributed by atoms with Gasteiger partial charge in [-0.05, 0) is 25.8 Å². The first kappa shape index (κ1) is 18.4. The molecule has 0 radical (unpaired) electrons. The predicted molar refractivity (Wildman–Crippen MR) is 99.1 cm³/mol. The van der Waals surface area contributed by atoms with E-state index in [4.69, 9.17) is 16.7 Å². The first-order chi connectivity index (χ1) is 12.4.